The molecular weight excluding hydrogens is 276 g/mol. The molecule has 2 fully saturated rings. The lowest BCUT2D eigenvalue weighted by Crippen LogP contribution is -2.43. The highest BCUT2D eigenvalue weighted by Crippen LogP contribution is 2.44. The molecule has 3 atom stereocenters. The monoisotopic (exact) mass is 294 g/mol. The van der Waals surface area contributed by atoms with Gasteiger partial charge in [0.15, 0.2) is 5.11 Å². The molecule has 2 bridgehead atoms. The normalized spacial score (nSPS) is 28.4. The van der Waals surface area contributed by atoms with Crippen molar-refractivity contribution in [1.29, 1.82) is 0 Å². The quantitative estimate of drug-likeness (QED) is 0.835. The standard InChI is InChI=1S/C15H19ClN2S/c16-13-5-2-10(3-6-13)9-17-15(19)18-14-8-11-1-4-12(14)7-11/h2-3,5-6,11-12,14H,1,4,7-9H2,(H2,17,18,19)/t11-,12+,14+/m0/s1. The fraction of sp³-hybridized carbons (Fsp3) is 0.533. The zero-order valence-electron chi connectivity index (χ0n) is 10.9. The van der Waals surface area contributed by atoms with Crippen LogP contribution >= 0.6 is 23.8 Å². The molecule has 0 spiro atoms. The summed E-state index contributed by atoms with van der Waals surface area (Å²) in [6, 6.07) is 8.46. The van der Waals surface area contributed by atoms with E-state index in [2.05, 4.69) is 10.6 Å². The largest absolute Gasteiger partial charge is 0.360 e. The van der Waals surface area contributed by atoms with Crippen molar-refractivity contribution in [3.05, 3.63) is 34.9 Å². The van der Waals surface area contributed by atoms with Gasteiger partial charge in [-0.25, -0.2) is 0 Å². The summed E-state index contributed by atoms with van der Waals surface area (Å²) in [5.41, 5.74) is 1.20. The first-order valence-corrected chi connectivity index (χ1v) is 7.78. The van der Waals surface area contributed by atoms with E-state index in [4.69, 9.17) is 23.8 Å². The molecule has 0 unspecified atom stereocenters. The number of nitrogens with one attached hydrogen (secondary N) is 2. The van der Waals surface area contributed by atoms with Gasteiger partial charge in [-0.15, -0.1) is 0 Å². The molecule has 0 saturated heterocycles. The Hall–Kier alpha value is -0.800. The van der Waals surface area contributed by atoms with Crippen LogP contribution in [0.15, 0.2) is 24.3 Å². The van der Waals surface area contributed by atoms with E-state index >= 15 is 0 Å². The van der Waals surface area contributed by atoms with Crippen LogP contribution in [0.1, 0.15) is 31.2 Å². The first-order valence-electron chi connectivity index (χ1n) is 6.99. The molecule has 2 aliphatic rings. The van der Waals surface area contributed by atoms with Crippen molar-refractivity contribution in [3.63, 3.8) is 0 Å². The lowest BCUT2D eigenvalue weighted by atomic mass is 9.96. The Balaban J connectivity index is 1.45. The number of fused-ring (bicyclic) bond motifs is 2. The van der Waals surface area contributed by atoms with Crippen LogP contribution in [0.4, 0.5) is 0 Å². The summed E-state index contributed by atoms with van der Waals surface area (Å²) in [5.74, 6) is 1.79. The molecule has 1 aromatic carbocycles. The molecule has 2 saturated carbocycles. The summed E-state index contributed by atoms with van der Waals surface area (Å²) in [5, 5.41) is 8.32. The molecule has 102 valence electrons. The van der Waals surface area contributed by atoms with Crippen LogP contribution in [0.3, 0.4) is 0 Å². The molecule has 4 heteroatoms. The topological polar surface area (TPSA) is 24.1 Å². The third-order valence-corrected chi connectivity index (χ3v) is 4.94. The van der Waals surface area contributed by atoms with Gasteiger partial charge < -0.3 is 10.6 Å². The molecule has 0 amide bonds. The van der Waals surface area contributed by atoms with Gasteiger partial charge in [-0.2, -0.15) is 0 Å². The van der Waals surface area contributed by atoms with E-state index in [1.165, 1.54) is 31.2 Å². The Morgan fingerprint density at radius 2 is 2.00 bits per heavy atom. The lowest BCUT2D eigenvalue weighted by molar-refractivity contribution is 0.389. The van der Waals surface area contributed by atoms with Crippen LogP contribution in [0.25, 0.3) is 0 Å². The molecule has 0 radical (unpaired) electrons. The Labute approximate surface area is 124 Å². The summed E-state index contributed by atoms with van der Waals surface area (Å²) in [4.78, 5) is 0. The molecule has 1 aromatic rings. The maximum absolute atomic E-state index is 5.87. The van der Waals surface area contributed by atoms with Crippen molar-refractivity contribution < 1.29 is 0 Å². The van der Waals surface area contributed by atoms with Crippen LogP contribution in [0, 0.1) is 11.8 Å². The van der Waals surface area contributed by atoms with Gasteiger partial charge >= 0.3 is 0 Å². The third kappa shape index (κ3) is 3.21. The van der Waals surface area contributed by atoms with Crippen LogP contribution in [0.2, 0.25) is 5.02 Å². The maximum atomic E-state index is 5.87. The maximum Gasteiger partial charge on any atom is 0.166 e. The zero-order valence-corrected chi connectivity index (χ0v) is 12.4. The average molecular weight is 295 g/mol. The van der Waals surface area contributed by atoms with Crippen LogP contribution in [-0.2, 0) is 6.54 Å². The Morgan fingerprint density at radius 3 is 2.63 bits per heavy atom. The molecule has 0 aliphatic heterocycles. The molecule has 2 N–H and O–H groups in total. The van der Waals surface area contributed by atoms with Crippen molar-refractivity contribution >= 4 is 28.9 Å². The number of hydrogen-bond donors (Lipinski definition) is 2. The molecule has 2 nitrogen and oxygen atoms in total. The van der Waals surface area contributed by atoms with Gasteiger partial charge in [0.25, 0.3) is 0 Å². The van der Waals surface area contributed by atoms with E-state index in [1.54, 1.807) is 0 Å². The average Bonchev–Trinajstić information content (AvgIpc) is 3.00. The van der Waals surface area contributed by atoms with Gasteiger partial charge in [0.05, 0.1) is 0 Å². The third-order valence-electron chi connectivity index (χ3n) is 4.42. The second-order valence-corrected chi connectivity index (χ2v) is 6.58. The smallest absolute Gasteiger partial charge is 0.166 e. The van der Waals surface area contributed by atoms with Crippen LogP contribution in [-0.4, -0.2) is 11.2 Å². The number of rotatable bonds is 3. The number of benzene rings is 1. The van der Waals surface area contributed by atoms with Crippen LogP contribution in [0.5, 0.6) is 0 Å². The summed E-state index contributed by atoms with van der Waals surface area (Å²) in [7, 11) is 0. The highest BCUT2D eigenvalue weighted by molar-refractivity contribution is 7.80. The number of thiocarbonyl (C=S) groups is 1. The van der Waals surface area contributed by atoms with Gasteiger partial charge in [-0.3, -0.25) is 0 Å². The second kappa shape index (κ2) is 5.68. The fourth-order valence-corrected chi connectivity index (χ4v) is 3.78. The molecule has 19 heavy (non-hydrogen) atoms. The predicted octanol–water partition coefficient (Wildman–Crippen LogP) is 3.49. The van der Waals surface area contributed by atoms with Crippen molar-refractivity contribution in [2.45, 2.75) is 38.3 Å². The van der Waals surface area contributed by atoms with Crippen LogP contribution < -0.4 is 10.6 Å². The summed E-state index contributed by atoms with van der Waals surface area (Å²) < 4.78 is 0. The molecular formula is C15H19ClN2S. The van der Waals surface area contributed by atoms with E-state index in [0.717, 1.165) is 28.5 Å². The number of hydrogen-bond acceptors (Lipinski definition) is 1. The highest BCUT2D eigenvalue weighted by Gasteiger charge is 2.39. The van der Waals surface area contributed by atoms with Gasteiger partial charge in [0.2, 0.25) is 0 Å². The first-order chi connectivity index (χ1) is 9.20. The first kappa shape index (κ1) is 13.2. The molecule has 0 aromatic heterocycles. The van der Waals surface area contributed by atoms with E-state index < -0.39 is 0 Å². The van der Waals surface area contributed by atoms with E-state index in [0.29, 0.717) is 6.04 Å². The van der Waals surface area contributed by atoms with Crippen molar-refractivity contribution in [3.8, 4) is 0 Å². The second-order valence-electron chi connectivity index (χ2n) is 5.73. The van der Waals surface area contributed by atoms with Gasteiger partial charge in [0.1, 0.15) is 0 Å². The van der Waals surface area contributed by atoms with Crippen molar-refractivity contribution in [2.24, 2.45) is 11.8 Å². The van der Waals surface area contributed by atoms with Gasteiger partial charge in [-0.1, -0.05) is 30.2 Å². The number of halogens is 1. The Bertz CT molecular complexity index is 460. The Kier molecular flexibility index (Phi) is 3.94. The van der Waals surface area contributed by atoms with Crippen molar-refractivity contribution in [1.82, 2.24) is 10.6 Å². The van der Waals surface area contributed by atoms with E-state index in [-0.39, 0.29) is 0 Å². The summed E-state index contributed by atoms with van der Waals surface area (Å²) in [6.45, 7) is 0.754. The molecule has 3 rings (SSSR count). The summed E-state index contributed by atoms with van der Waals surface area (Å²) >= 11 is 11.2. The summed E-state index contributed by atoms with van der Waals surface area (Å²) in [6.07, 6.45) is 5.50. The predicted molar refractivity (Wildman–Crippen MR) is 83.3 cm³/mol. The fourth-order valence-electron chi connectivity index (χ4n) is 3.43. The highest BCUT2D eigenvalue weighted by atomic mass is 35.5. The van der Waals surface area contributed by atoms with Crippen molar-refractivity contribution in [2.75, 3.05) is 0 Å². The minimum Gasteiger partial charge on any atom is -0.360 e. The van der Waals surface area contributed by atoms with E-state index in [9.17, 15) is 0 Å². The minimum atomic E-state index is 0.601. The van der Waals surface area contributed by atoms with Gasteiger partial charge in [0, 0.05) is 17.6 Å². The zero-order chi connectivity index (χ0) is 13.2. The minimum absolute atomic E-state index is 0.601. The Morgan fingerprint density at radius 1 is 1.21 bits per heavy atom. The van der Waals surface area contributed by atoms with E-state index in [1.807, 2.05) is 24.3 Å². The van der Waals surface area contributed by atoms with Gasteiger partial charge in [-0.05, 0) is 61.0 Å². The molecule has 0 heterocycles. The molecule has 2 aliphatic carbocycles. The lowest BCUT2D eigenvalue weighted by Gasteiger charge is -2.24. The SMILES string of the molecule is S=C(NCc1ccc(Cl)cc1)N[C@@H]1C[C@H]2CC[C@@H]1C2.